The Morgan fingerprint density at radius 2 is 1.77 bits per heavy atom. The standard InChI is InChI=1S/C19H19N3O4/c1-12-2-9-16(26-12)10-11-17(23)21-22-19(25)14-5-7-15(8-6-14)20-18(24)13-3-4-13/h2,5-11,13H,3-4H2,1H3,(H,20,24)(H,21,23)(H,22,25)/b11-10+. The van der Waals surface area contributed by atoms with E-state index >= 15 is 0 Å². The van der Waals surface area contributed by atoms with Gasteiger partial charge in [0.05, 0.1) is 0 Å². The number of carbonyl (C=O) groups is 3. The zero-order valence-electron chi connectivity index (χ0n) is 14.2. The van der Waals surface area contributed by atoms with Crippen LogP contribution in [0.5, 0.6) is 0 Å². The number of amides is 3. The zero-order valence-corrected chi connectivity index (χ0v) is 14.2. The van der Waals surface area contributed by atoms with Gasteiger partial charge < -0.3 is 9.73 Å². The quantitative estimate of drug-likeness (QED) is 0.568. The number of carbonyl (C=O) groups excluding carboxylic acids is 3. The van der Waals surface area contributed by atoms with E-state index in [1.165, 1.54) is 12.2 Å². The van der Waals surface area contributed by atoms with Crippen molar-refractivity contribution < 1.29 is 18.8 Å². The fourth-order valence-corrected chi connectivity index (χ4v) is 2.23. The van der Waals surface area contributed by atoms with Crippen LogP contribution in [0.4, 0.5) is 5.69 Å². The van der Waals surface area contributed by atoms with Gasteiger partial charge in [-0.25, -0.2) is 0 Å². The number of rotatable bonds is 5. The number of hydrogen-bond acceptors (Lipinski definition) is 4. The summed E-state index contributed by atoms with van der Waals surface area (Å²) in [5.41, 5.74) is 5.61. The lowest BCUT2D eigenvalue weighted by Gasteiger charge is -2.07. The van der Waals surface area contributed by atoms with Gasteiger partial charge in [-0.1, -0.05) is 0 Å². The predicted molar refractivity (Wildman–Crippen MR) is 95.9 cm³/mol. The maximum atomic E-state index is 12.0. The monoisotopic (exact) mass is 353 g/mol. The second-order valence-electron chi connectivity index (χ2n) is 6.07. The van der Waals surface area contributed by atoms with Gasteiger partial charge in [0.1, 0.15) is 11.5 Å². The molecule has 2 aromatic rings. The largest absolute Gasteiger partial charge is 0.462 e. The van der Waals surface area contributed by atoms with Gasteiger partial charge in [-0.05, 0) is 62.2 Å². The highest BCUT2D eigenvalue weighted by atomic mass is 16.3. The summed E-state index contributed by atoms with van der Waals surface area (Å²) in [5.74, 6) is 0.476. The summed E-state index contributed by atoms with van der Waals surface area (Å²) in [6, 6.07) is 9.97. The highest BCUT2D eigenvalue weighted by molar-refractivity contribution is 5.98. The van der Waals surface area contributed by atoms with E-state index in [1.54, 1.807) is 43.3 Å². The molecule has 0 aliphatic heterocycles. The third-order valence-electron chi connectivity index (χ3n) is 3.82. The van der Waals surface area contributed by atoms with E-state index in [2.05, 4.69) is 16.2 Å². The molecule has 0 radical (unpaired) electrons. The molecule has 3 amide bonds. The van der Waals surface area contributed by atoms with Crippen LogP contribution in [0.2, 0.25) is 0 Å². The average Bonchev–Trinajstić information content (AvgIpc) is 3.41. The third kappa shape index (κ3) is 4.83. The smallest absolute Gasteiger partial charge is 0.269 e. The number of furan rings is 1. The Hall–Kier alpha value is -3.35. The summed E-state index contributed by atoms with van der Waals surface area (Å²) in [5, 5.41) is 2.80. The lowest BCUT2D eigenvalue weighted by atomic mass is 10.2. The Morgan fingerprint density at radius 3 is 2.38 bits per heavy atom. The molecule has 26 heavy (non-hydrogen) atoms. The summed E-state index contributed by atoms with van der Waals surface area (Å²) in [7, 11) is 0. The van der Waals surface area contributed by atoms with Gasteiger partial charge in [-0.15, -0.1) is 0 Å². The molecule has 1 saturated carbocycles. The molecule has 0 saturated heterocycles. The molecule has 1 aromatic heterocycles. The highest BCUT2D eigenvalue weighted by Gasteiger charge is 2.29. The minimum atomic E-state index is -0.485. The normalized spacial score (nSPS) is 13.4. The van der Waals surface area contributed by atoms with Gasteiger partial charge >= 0.3 is 0 Å². The van der Waals surface area contributed by atoms with E-state index in [4.69, 9.17) is 4.42 Å². The molecular weight excluding hydrogens is 334 g/mol. The first kappa shape index (κ1) is 17.5. The van der Waals surface area contributed by atoms with Gasteiger partial charge in [-0.2, -0.15) is 0 Å². The minimum absolute atomic E-state index is 0.00741. The van der Waals surface area contributed by atoms with Crippen LogP contribution in [0.1, 0.15) is 34.7 Å². The van der Waals surface area contributed by atoms with E-state index < -0.39 is 11.8 Å². The van der Waals surface area contributed by atoms with Gasteiger partial charge in [0.25, 0.3) is 11.8 Å². The average molecular weight is 353 g/mol. The summed E-state index contributed by atoms with van der Waals surface area (Å²) in [6.07, 6.45) is 4.63. The molecule has 1 fully saturated rings. The summed E-state index contributed by atoms with van der Waals surface area (Å²) < 4.78 is 5.30. The maximum Gasteiger partial charge on any atom is 0.269 e. The Balaban J connectivity index is 1.47. The lowest BCUT2D eigenvalue weighted by Crippen LogP contribution is -2.40. The Labute approximate surface area is 150 Å². The van der Waals surface area contributed by atoms with Crippen molar-refractivity contribution >= 4 is 29.5 Å². The number of hydrogen-bond donors (Lipinski definition) is 3. The van der Waals surface area contributed by atoms with Gasteiger partial charge in [0.15, 0.2) is 0 Å². The van der Waals surface area contributed by atoms with Gasteiger partial charge in [0.2, 0.25) is 5.91 Å². The van der Waals surface area contributed by atoms with E-state index in [0.29, 0.717) is 17.0 Å². The van der Waals surface area contributed by atoms with Crippen LogP contribution in [0.25, 0.3) is 6.08 Å². The molecule has 1 aliphatic rings. The van der Waals surface area contributed by atoms with Crippen molar-refractivity contribution in [3.63, 3.8) is 0 Å². The van der Waals surface area contributed by atoms with Crippen LogP contribution in [-0.2, 0) is 9.59 Å². The number of aryl methyl sites for hydroxylation is 1. The summed E-state index contributed by atoms with van der Waals surface area (Å²) in [4.78, 5) is 35.4. The van der Waals surface area contributed by atoms with Crippen molar-refractivity contribution in [2.45, 2.75) is 19.8 Å². The van der Waals surface area contributed by atoms with Crippen LogP contribution >= 0.6 is 0 Å². The fraction of sp³-hybridized carbons (Fsp3) is 0.211. The zero-order chi connectivity index (χ0) is 18.5. The van der Waals surface area contributed by atoms with Crippen LogP contribution in [-0.4, -0.2) is 17.7 Å². The van der Waals surface area contributed by atoms with Crippen molar-refractivity contribution in [1.29, 1.82) is 0 Å². The first-order chi connectivity index (χ1) is 12.5. The van der Waals surface area contributed by atoms with Crippen LogP contribution in [0.3, 0.4) is 0 Å². The Kier molecular flexibility index (Phi) is 5.17. The molecule has 0 atom stereocenters. The molecular formula is C19H19N3O4. The SMILES string of the molecule is Cc1ccc(/C=C/C(=O)NNC(=O)c2ccc(NC(=O)C3CC3)cc2)o1. The Morgan fingerprint density at radius 1 is 1.04 bits per heavy atom. The molecule has 0 bridgehead atoms. The van der Waals surface area contributed by atoms with Crippen molar-refractivity contribution in [2.75, 3.05) is 5.32 Å². The predicted octanol–water partition coefficient (Wildman–Crippen LogP) is 2.41. The molecule has 3 N–H and O–H groups in total. The highest BCUT2D eigenvalue weighted by Crippen LogP contribution is 2.30. The van der Waals surface area contributed by atoms with Gasteiger partial charge in [-0.3, -0.25) is 25.2 Å². The number of hydrazine groups is 1. The van der Waals surface area contributed by atoms with Crippen LogP contribution < -0.4 is 16.2 Å². The van der Waals surface area contributed by atoms with E-state index in [-0.39, 0.29) is 11.8 Å². The number of nitrogens with one attached hydrogen (secondary N) is 3. The maximum absolute atomic E-state index is 12.0. The molecule has 1 aromatic carbocycles. The molecule has 0 unspecified atom stereocenters. The second-order valence-corrected chi connectivity index (χ2v) is 6.07. The van der Waals surface area contributed by atoms with Crippen molar-refractivity contribution in [1.82, 2.24) is 10.9 Å². The van der Waals surface area contributed by atoms with Crippen molar-refractivity contribution in [3.05, 3.63) is 59.6 Å². The first-order valence-electron chi connectivity index (χ1n) is 8.27. The van der Waals surface area contributed by atoms with E-state index in [9.17, 15) is 14.4 Å². The molecule has 0 spiro atoms. The molecule has 134 valence electrons. The molecule has 7 nitrogen and oxygen atoms in total. The summed E-state index contributed by atoms with van der Waals surface area (Å²) >= 11 is 0. The van der Waals surface area contributed by atoms with E-state index in [0.717, 1.165) is 18.6 Å². The molecule has 1 aliphatic carbocycles. The number of anilines is 1. The first-order valence-corrected chi connectivity index (χ1v) is 8.27. The van der Waals surface area contributed by atoms with Crippen LogP contribution in [0.15, 0.2) is 46.9 Å². The molecule has 3 rings (SSSR count). The minimum Gasteiger partial charge on any atom is -0.462 e. The third-order valence-corrected chi connectivity index (χ3v) is 3.82. The van der Waals surface area contributed by atoms with E-state index in [1.807, 2.05) is 0 Å². The number of benzene rings is 1. The molecule has 7 heteroatoms. The van der Waals surface area contributed by atoms with Crippen LogP contribution in [0, 0.1) is 12.8 Å². The van der Waals surface area contributed by atoms with Crippen molar-refractivity contribution in [2.24, 2.45) is 5.92 Å². The summed E-state index contributed by atoms with van der Waals surface area (Å²) in [6.45, 7) is 1.81. The molecule has 1 heterocycles. The second kappa shape index (κ2) is 7.69. The van der Waals surface area contributed by atoms with Gasteiger partial charge in [0, 0.05) is 23.2 Å². The Bertz CT molecular complexity index is 848. The topological polar surface area (TPSA) is 100 Å². The fourth-order valence-electron chi connectivity index (χ4n) is 2.23. The lowest BCUT2D eigenvalue weighted by molar-refractivity contribution is -0.118. The van der Waals surface area contributed by atoms with Crippen molar-refractivity contribution in [3.8, 4) is 0 Å².